The van der Waals surface area contributed by atoms with E-state index in [4.69, 9.17) is 0 Å². The Kier molecular flexibility index (Phi) is 5.42. The van der Waals surface area contributed by atoms with E-state index in [1.807, 2.05) is 34.6 Å². The Bertz CT molecular complexity index is 472. The van der Waals surface area contributed by atoms with Gasteiger partial charge in [0, 0.05) is 11.8 Å². The van der Waals surface area contributed by atoms with Crippen molar-refractivity contribution in [1.29, 1.82) is 0 Å². The van der Waals surface area contributed by atoms with Crippen LogP contribution in [0.3, 0.4) is 0 Å². The Hall–Kier alpha value is -1.72. The van der Waals surface area contributed by atoms with E-state index in [1.54, 1.807) is 6.20 Å². The molecule has 0 atom stereocenters. The lowest BCUT2D eigenvalue weighted by Gasteiger charge is -2.15. The second-order valence-corrected chi connectivity index (χ2v) is 6.46. The minimum absolute atomic E-state index is 0.000294. The lowest BCUT2D eigenvalue weighted by atomic mass is 9.91. The van der Waals surface area contributed by atoms with Crippen molar-refractivity contribution in [2.45, 2.75) is 54.1 Å². The molecule has 20 heavy (non-hydrogen) atoms. The largest absolute Gasteiger partial charge is 0.350 e. The Morgan fingerprint density at radius 1 is 1.35 bits per heavy atom. The summed E-state index contributed by atoms with van der Waals surface area (Å²) in [5.74, 6) is 0.424. The van der Waals surface area contributed by atoms with E-state index in [2.05, 4.69) is 15.6 Å². The van der Waals surface area contributed by atoms with Gasteiger partial charge in [-0.3, -0.25) is 9.59 Å². The number of nitrogens with zero attached hydrogens (tertiary/aromatic N) is 3. The number of rotatable bonds is 6. The maximum atomic E-state index is 11.9. The number of carbonyl (C=O) groups excluding carboxylic acids is 2. The topological polar surface area (TPSA) is 76.9 Å². The summed E-state index contributed by atoms with van der Waals surface area (Å²) >= 11 is 0. The van der Waals surface area contributed by atoms with Gasteiger partial charge in [-0.05, 0) is 5.92 Å². The smallest absolute Gasteiger partial charge is 0.220 e. The second kappa shape index (κ2) is 6.63. The molecule has 0 aliphatic carbocycles. The fraction of sp³-hybridized carbons (Fsp3) is 0.714. The fourth-order valence-electron chi connectivity index (χ4n) is 1.51. The number of carbonyl (C=O) groups is 2. The Balaban J connectivity index is 2.48. The molecule has 1 amide bonds. The summed E-state index contributed by atoms with van der Waals surface area (Å²) in [6.45, 7) is 10.2. The molecule has 0 aliphatic heterocycles. The van der Waals surface area contributed by atoms with Gasteiger partial charge in [-0.1, -0.05) is 39.8 Å². The zero-order valence-corrected chi connectivity index (χ0v) is 12.9. The van der Waals surface area contributed by atoms with Crippen molar-refractivity contribution in [3.8, 4) is 0 Å². The van der Waals surface area contributed by atoms with Crippen LogP contribution in [0.5, 0.6) is 0 Å². The van der Waals surface area contributed by atoms with Crippen molar-refractivity contribution in [3.63, 3.8) is 0 Å². The number of nitrogens with one attached hydrogen (secondary N) is 1. The zero-order chi connectivity index (χ0) is 15.3. The molecule has 0 unspecified atom stereocenters. The number of hydrogen-bond acceptors (Lipinski definition) is 4. The van der Waals surface area contributed by atoms with Crippen LogP contribution < -0.4 is 5.32 Å². The van der Waals surface area contributed by atoms with Gasteiger partial charge in [0.1, 0.15) is 12.2 Å². The van der Waals surface area contributed by atoms with Crippen molar-refractivity contribution >= 4 is 11.7 Å². The number of amides is 1. The molecular weight excluding hydrogens is 256 g/mol. The molecule has 1 aromatic heterocycles. The molecule has 1 rings (SSSR count). The van der Waals surface area contributed by atoms with Gasteiger partial charge >= 0.3 is 0 Å². The quantitative estimate of drug-likeness (QED) is 0.857. The van der Waals surface area contributed by atoms with Crippen molar-refractivity contribution in [1.82, 2.24) is 20.3 Å². The standard InChI is InChI=1S/C14H24N4O2/c1-10(2)6-13(20)15-7-11-8-18(17-16-11)9-12(19)14(3,4)5/h8,10H,6-7,9H2,1-5H3,(H,15,20). The lowest BCUT2D eigenvalue weighted by Crippen LogP contribution is -2.25. The summed E-state index contributed by atoms with van der Waals surface area (Å²) in [7, 11) is 0. The first kappa shape index (κ1) is 16.3. The van der Waals surface area contributed by atoms with Crippen molar-refractivity contribution in [2.75, 3.05) is 0 Å². The molecule has 6 nitrogen and oxygen atoms in total. The Morgan fingerprint density at radius 3 is 2.55 bits per heavy atom. The van der Waals surface area contributed by atoms with E-state index >= 15 is 0 Å². The molecule has 0 saturated carbocycles. The highest BCUT2D eigenvalue weighted by Gasteiger charge is 2.21. The van der Waals surface area contributed by atoms with E-state index in [0.29, 0.717) is 24.6 Å². The summed E-state index contributed by atoms with van der Waals surface area (Å²) in [6.07, 6.45) is 2.19. The maximum Gasteiger partial charge on any atom is 0.220 e. The number of ketones is 1. The molecule has 1 aromatic rings. The molecule has 0 spiro atoms. The number of hydrogen-bond donors (Lipinski definition) is 1. The van der Waals surface area contributed by atoms with E-state index in [0.717, 1.165) is 0 Å². The van der Waals surface area contributed by atoms with Crippen LogP contribution in [0, 0.1) is 11.3 Å². The van der Waals surface area contributed by atoms with Crippen LogP contribution in [-0.2, 0) is 22.7 Å². The highest BCUT2D eigenvalue weighted by atomic mass is 16.1. The summed E-state index contributed by atoms with van der Waals surface area (Å²) in [4.78, 5) is 23.4. The van der Waals surface area contributed by atoms with Crippen LogP contribution >= 0.6 is 0 Å². The highest BCUT2D eigenvalue weighted by Crippen LogP contribution is 2.15. The van der Waals surface area contributed by atoms with Gasteiger partial charge in [-0.25, -0.2) is 4.68 Å². The molecule has 1 heterocycles. The van der Waals surface area contributed by atoms with Gasteiger partial charge in [0.25, 0.3) is 0 Å². The molecule has 6 heteroatoms. The van der Waals surface area contributed by atoms with Gasteiger partial charge in [-0.2, -0.15) is 0 Å². The van der Waals surface area contributed by atoms with Gasteiger partial charge < -0.3 is 5.32 Å². The Morgan fingerprint density at radius 2 is 2.00 bits per heavy atom. The number of Topliss-reactive ketones (excluding diaryl/α,β-unsaturated/α-hetero) is 1. The van der Waals surface area contributed by atoms with Crippen LogP contribution in [-0.4, -0.2) is 26.7 Å². The normalized spacial score (nSPS) is 11.7. The summed E-state index contributed by atoms with van der Waals surface area (Å²) < 4.78 is 1.51. The first-order valence-corrected chi connectivity index (χ1v) is 6.87. The molecule has 0 aromatic carbocycles. The second-order valence-electron chi connectivity index (χ2n) is 6.46. The molecule has 0 aliphatic rings. The number of aromatic nitrogens is 3. The third-order valence-corrected chi connectivity index (χ3v) is 2.79. The predicted octanol–water partition coefficient (Wildman–Crippen LogP) is 1.56. The average molecular weight is 280 g/mol. The lowest BCUT2D eigenvalue weighted by molar-refractivity contribution is -0.127. The van der Waals surface area contributed by atoms with Crippen LogP contribution in [0.15, 0.2) is 6.20 Å². The maximum absolute atomic E-state index is 11.9. The molecule has 0 fully saturated rings. The van der Waals surface area contributed by atoms with Crippen LogP contribution in [0.4, 0.5) is 0 Å². The van der Waals surface area contributed by atoms with E-state index in [-0.39, 0.29) is 18.2 Å². The Labute approximate surface area is 119 Å². The van der Waals surface area contributed by atoms with Crippen LogP contribution in [0.2, 0.25) is 0 Å². The molecule has 1 N–H and O–H groups in total. The molecule has 0 bridgehead atoms. The van der Waals surface area contributed by atoms with Gasteiger partial charge in [0.2, 0.25) is 5.91 Å². The van der Waals surface area contributed by atoms with Crippen LogP contribution in [0.1, 0.15) is 46.7 Å². The first-order chi connectivity index (χ1) is 9.18. The third-order valence-electron chi connectivity index (χ3n) is 2.79. The van der Waals surface area contributed by atoms with Crippen molar-refractivity contribution in [2.24, 2.45) is 11.3 Å². The van der Waals surface area contributed by atoms with Crippen LogP contribution in [0.25, 0.3) is 0 Å². The molecule has 0 radical (unpaired) electrons. The fourth-order valence-corrected chi connectivity index (χ4v) is 1.51. The molecular formula is C14H24N4O2. The van der Waals surface area contributed by atoms with Crippen molar-refractivity contribution in [3.05, 3.63) is 11.9 Å². The summed E-state index contributed by atoms with van der Waals surface area (Å²) in [5, 5.41) is 10.6. The van der Waals surface area contributed by atoms with Gasteiger partial charge in [-0.15, -0.1) is 5.10 Å². The predicted molar refractivity (Wildman–Crippen MR) is 75.8 cm³/mol. The summed E-state index contributed by atoms with van der Waals surface area (Å²) in [6, 6.07) is 0. The average Bonchev–Trinajstić information content (AvgIpc) is 2.72. The SMILES string of the molecule is CC(C)CC(=O)NCc1cn(CC(=O)C(C)(C)C)nn1. The van der Waals surface area contributed by atoms with Gasteiger partial charge in [0.15, 0.2) is 5.78 Å². The monoisotopic (exact) mass is 280 g/mol. The first-order valence-electron chi connectivity index (χ1n) is 6.87. The molecule has 0 saturated heterocycles. The van der Waals surface area contributed by atoms with E-state index in [9.17, 15) is 9.59 Å². The molecule has 112 valence electrons. The van der Waals surface area contributed by atoms with Gasteiger partial charge in [0.05, 0.1) is 12.7 Å². The highest BCUT2D eigenvalue weighted by molar-refractivity contribution is 5.83. The van der Waals surface area contributed by atoms with E-state index in [1.165, 1.54) is 4.68 Å². The third kappa shape index (κ3) is 5.50. The van der Waals surface area contributed by atoms with Crippen molar-refractivity contribution < 1.29 is 9.59 Å². The summed E-state index contributed by atoms with van der Waals surface area (Å²) in [5.41, 5.74) is 0.265. The minimum atomic E-state index is -0.391. The minimum Gasteiger partial charge on any atom is -0.350 e. The van der Waals surface area contributed by atoms with E-state index < -0.39 is 5.41 Å². The zero-order valence-electron chi connectivity index (χ0n) is 12.9.